The Labute approximate surface area is 287 Å². The molecular formula is C39H63NO8. The van der Waals surface area contributed by atoms with Crippen LogP contribution in [0.3, 0.4) is 0 Å². The van der Waals surface area contributed by atoms with Gasteiger partial charge in [0.25, 0.3) is 0 Å². The van der Waals surface area contributed by atoms with E-state index in [1.807, 2.05) is 0 Å². The molecule has 4 aliphatic carbocycles. The van der Waals surface area contributed by atoms with E-state index in [4.69, 9.17) is 19.2 Å². The predicted molar refractivity (Wildman–Crippen MR) is 183 cm³/mol. The summed E-state index contributed by atoms with van der Waals surface area (Å²) in [5, 5.41) is 46.1. The summed E-state index contributed by atoms with van der Waals surface area (Å²) in [7, 11) is 0. The highest BCUT2D eigenvalue weighted by Gasteiger charge is 2.71. The zero-order chi connectivity index (χ0) is 34.2. The van der Waals surface area contributed by atoms with Crippen molar-refractivity contribution in [2.75, 3.05) is 13.2 Å². The van der Waals surface area contributed by atoms with Gasteiger partial charge in [0, 0.05) is 42.5 Å². The first-order valence-electron chi connectivity index (χ1n) is 19.5. The van der Waals surface area contributed by atoms with E-state index in [-0.39, 0.29) is 41.7 Å². The molecule has 0 amide bonds. The van der Waals surface area contributed by atoms with E-state index in [9.17, 15) is 25.2 Å². The Kier molecular flexibility index (Phi) is 11.2. The molecule has 1 saturated heterocycles. The Morgan fingerprint density at radius 1 is 0.958 bits per heavy atom. The molecule has 2 heterocycles. The van der Waals surface area contributed by atoms with E-state index >= 15 is 0 Å². The molecule has 5 fully saturated rings. The maximum atomic E-state index is 12.8. The summed E-state index contributed by atoms with van der Waals surface area (Å²) < 4.78 is 17.6. The molecule has 2 aliphatic heterocycles. The number of nitrogens with zero attached hydrogens (tertiary/aromatic N) is 1. The number of unbranched alkanes of at least 4 members (excludes halogenated alkanes) is 7. The van der Waals surface area contributed by atoms with Crippen molar-refractivity contribution in [3.8, 4) is 0 Å². The normalized spacial score (nSPS) is 45.8. The molecule has 0 bridgehead atoms. The van der Waals surface area contributed by atoms with Gasteiger partial charge in [0.05, 0.1) is 29.5 Å². The smallest absolute Gasteiger partial charge is 0.331 e. The Balaban J connectivity index is 1.19. The van der Waals surface area contributed by atoms with Crippen molar-refractivity contribution >= 4 is 12.2 Å². The number of fused-ring (bicyclic) bond motifs is 5. The topological polar surface area (TPSA) is 138 Å². The molecule has 0 radical (unpaired) electrons. The Bertz CT molecular complexity index is 1180. The van der Waals surface area contributed by atoms with E-state index < -0.39 is 41.2 Å². The van der Waals surface area contributed by atoms with Crippen molar-refractivity contribution in [2.45, 2.75) is 178 Å². The van der Waals surface area contributed by atoms with Crippen LogP contribution in [0.4, 0.5) is 0 Å². The third kappa shape index (κ3) is 6.58. The minimum atomic E-state index is -1.03. The fourth-order valence-electron chi connectivity index (χ4n) is 11.3. The maximum Gasteiger partial charge on any atom is 0.331 e. The van der Waals surface area contributed by atoms with Gasteiger partial charge in [-0.3, -0.25) is 4.99 Å². The Hall–Kier alpha value is -1.36. The Morgan fingerprint density at radius 3 is 2.40 bits per heavy atom. The zero-order valence-electron chi connectivity index (χ0n) is 29.8. The monoisotopic (exact) mass is 673 g/mol. The lowest BCUT2D eigenvalue weighted by Crippen LogP contribution is -2.69. The van der Waals surface area contributed by atoms with Gasteiger partial charge >= 0.3 is 5.97 Å². The van der Waals surface area contributed by atoms with Crippen LogP contribution in [0.1, 0.15) is 136 Å². The SMILES string of the molecule is CCCCCCCCCCN=CC12CCC(OC3CC(O)C(O)C(C)O3)CC1(O)CCC1C2CCC2(C)C(C3=CC(=O)OC3)CCC12O. The molecular weight excluding hydrogens is 610 g/mol. The fraction of sp³-hybridized carbons (Fsp3) is 0.897. The van der Waals surface area contributed by atoms with E-state index in [2.05, 4.69) is 20.1 Å². The van der Waals surface area contributed by atoms with Gasteiger partial charge < -0.3 is 34.6 Å². The van der Waals surface area contributed by atoms with Crippen molar-refractivity contribution in [2.24, 2.45) is 33.6 Å². The first-order valence-corrected chi connectivity index (χ1v) is 19.5. The second-order valence-corrected chi connectivity index (χ2v) is 16.7. The number of hydrogen-bond donors (Lipinski definition) is 4. The summed E-state index contributed by atoms with van der Waals surface area (Å²) in [4.78, 5) is 17.1. The summed E-state index contributed by atoms with van der Waals surface area (Å²) >= 11 is 0. The molecule has 12 atom stereocenters. The lowest BCUT2D eigenvalue weighted by Gasteiger charge is -2.66. The van der Waals surface area contributed by atoms with Crippen LogP contribution < -0.4 is 0 Å². The van der Waals surface area contributed by atoms with Crippen molar-refractivity contribution in [1.82, 2.24) is 0 Å². The molecule has 9 heteroatoms. The molecule has 0 aromatic carbocycles. The fourth-order valence-corrected chi connectivity index (χ4v) is 11.3. The number of aliphatic hydroxyl groups is 4. The van der Waals surface area contributed by atoms with E-state index in [1.54, 1.807) is 13.0 Å². The van der Waals surface area contributed by atoms with Gasteiger partial charge in [-0.15, -0.1) is 0 Å². The predicted octanol–water partition coefficient (Wildman–Crippen LogP) is 5.79. The molecule has 272 valence electrons. The van der Waals surface area contributed by atoms with Crippen LogP contribution >= 0.6 is 0 Å². The molecule has 48 heavy (non-hydrogen) atoms. The number of carbonyl (C=O) groups excluding carboxylic acids is 1. The molecule has 4 saturated carbocycles. The molecule has 6 aliphatic rings. The molecule has 12 unspecified atom stereocenters. The average molecular weight is 674 g/mol. The van der Waals surface area contributed by atoms with Gasteiger partial charge in [0.15, 0.2) is 6.29 Å². The first kappa shape index (κ1) is 36.4. The largest absolute Gasteiger partial charge is 0.458 e. The van der Waals surface area contributed by atoms with Crippen LogP contribution in [0.25, 0.3) is 0 Å². The van der Waals surface area contributed by atoms with Gasteiger partial charge in [-0.2, -0.15) is 0 Å². The van der Waals surface area contributed by atoms with Crippen LogP contribution in [0.2, 0.25) is 0 Å². The number of carbonyl (C=O) groups is 1. The quantitative estimate of drug-likeness (QED) is 0.0835. The summed E-state index contributed by atoms with van der Waals surface area (Å²) in [5.74, 6) is -0.0240. The highest BCUT2D eigenvalue weighted by atomic mass is 16.7. The van der Waals surface area contributed by atoms with Gasteiger partial charge in [0.1, 0.15) is 12.7 Å². The number of rotatable bonds is 13. The average Bonchev–Trinajstić information content (AvgIpc) is 3.60. The van der Waals surface area contributed by atoms with Gasteiger partial charge in [0.2, 0.25) is 0 Å². The first-order chi connectivity index (χ1) is 23.0. The van der Waals surface area contributed by atoms with Crippen molar-refractivity contribution in [1.29, 1.82) is 0 Å². The van der Waals surface area contributed by atoms with Crippen molar-refractivity contribution in [3.05, 3.63) is 11.6 Å². The van der Waals surface area contributed by atoms with Crippen molar-refractivity contribution < 1.29 is 39.4 Å². The van der Waals surface area contributed by atoms with E-state index in [0.717, 1.165) is 50.6 Å². The van der Waals surface area contributed by atoms with Crippen LogP contribution in [-0.2, 0) is 19.0 Å². The minimum absolute atomic E-state index is 0.0337. The molecule has 9 nitrogen and oxygen atoms in total. The lowest BCUT2D eigenvalue weighted by atomic mass is 9.41. The summed E-state index contributed by atoms with van der Waals surface area (Å²) in [6.45, 7) is 7.31. The second kappa shape index (κ2) is 14.7. The molecule has 0 spiro atoms. The number of aliphatic imine (C=N–C) groups is 1. The molecule has 0 aromatic heterocycles. The number of esters is 1. The molecule has 4 N–H and O–H groups in total. The highest BCUT2D eigenvalue weighted by Crippen LogP contribution is 2.70. The van der Waals surface area contributed by atoms with E-state index in [1.165, 1.54) is 44.9 Å². The van der Waals surface area contributed by atoms with Gasteiger partial charge in [-0.1, -0.05) is 58.8 Å². The maximum absolute atomic E-state index is 12.8. The molecule has 6 rings (SSSR count). The Morgan fingerprint density at radius 2 is 1.69 bits per heavy atom. The van der Waals surface area contributed by atoms with Crippen LogP contribution in [-0.4, -0.2) is 87.7 Å². The highest BCUT2D eigenvalue weighted by molar-refractivity contribution is 5.85. The number of hydrogen-bond acceptors (Lipinski definition) is 9. The zero-order valence-corrected chi connectivity index (χ0v) is 29.8. The van der Waals surface area contributed by atoms with E-state index in [0.29, 0.717) is 32.3 Å². The van der Waals surface area contributed by atoms with Crippen LogP contribution in [0.5, 0.6) is 0 Å². The third-order valence-electron chi connectivity index (χ3n) is 14.1. The minimum Gasteiger partial charge on any atom is -0.458 e. The summed E-state index contributed by atoms with van der Waals surface area (Å²) in [5.41, 5.74) is -1.80. The van der Waals surface area contributed by atoms with Gasteiger partial charge in [-0.05, 0) is 88.0 Å². The standard InChI is InChI=1S/C39H63NO8/c1-4-5-6-7-8-9-10-11-20-40-25-37-17-12-28(48-34-22-32(41)35(43)26(2)47-34)23-38(37,44)18-14-31-30(37)13-16-36(3)29(15-19-39(31,36)45)27-21-33(42)46-24-27/h21,25-26,28-32,34-35,41,43-45H,4-20,22-24H2,1-3H3. The summed E-state index contributed by atoms with van der Waals surface area (Å²) in [6, 6.07) is 0. The van der Waals surface area contributed by atoms with Gasteiger partial charge in [-0.25, -0.2) is 4.79 Å². The lowest BCUT2D eigenvalue weighted by molar-refractivity contribution is -0.282. The molecule has 0 aromatic rings. The number of ether oxygens (including phenoxy) is 3. The third-order valence-corrected chi connectivity index (χ3v) is 14.1. The van der Waals surface area contributed by atoms with Crippen molar-refractivity contribution in [3.63, 3.8) is 0 Å². The van der Waals surface area contributed by atoms with Crippen LogP contribution in [0.15, 0.2) is 16.6 Å². The van der Waals surface area contributed by atoms with Crippen LogP contribution in [0, 0.1) is 28.6 Å². The second-order valence-electron chi connectivity index (χ2n) is 16.7. The number of cyclic esters (lactones) is 1. The number of aliphatic hydroxyl groups excluding tert-OH is 2. The summed E-state index contributed by atoms with van der Waals surface area (Å²) in [6.07, 6.45) is 17.2.